The summed E-state index contributed by atoms with van der Waals surface area (Å²) in [5.41, 5.74) is 0. The van der Waals surface area contributed by atoms with Crippen molar-refractivity contribution >= 4 is 5.91 Å². The number of carbonyl (C=O) groups is 1. The fourth-order valence-electron chi connectivity index (χ4n) is 3.74. The number of likely N-dealkylation sites (tertiary alicyclic amines) is 1. The summed E-state index contributed by atoms with van der Waals surface area (Å²) in [6, 6.07) is 3.63. The van der Waals surface area contributed by atoms with Crippen molar-refractivity contribution < 1.29 is 19.1 Å². The number of carbonyl (C=O) groups excluding carboxylic acids is 1. The normalized spacial score (nSPS) is 30.2. The highest BCUT2D eigenvalue weighted by atomic mass is 16.5. The molecule has 1 aromatic rings. The molecule has 5 nitrogen and oxygen atoms in total. The third-order valence-corrected chi connectivity index (χ3v) is 5.03. The van der Waals surface area contributed by atoms with Gasteiger partial charge in [-0.3, -0.25) is 4.79 Å². The second kappa shape index (κ2) is 7.49. The molecule has 5 heteroatoms. The molecule has 1 amide bonds. The van der Waals surface area contributed by atoms with E-state index in [9.17, 15) is 9.90 Å². The molecule has 1 N–H and O–H groups in total. The molecule has 2 aliphatic heterocycles. The number of ether oxygens (including phenoxy) is 1. The van der Waals surface area contributed by atoms with Crippen LogP contribution >= 0.6 is 0 Å². The Morgan fingerprint density at radius 3 is 2.91 bits per heavy atom. The molecule has 2 aliphatic rings. The van der Waals surface area contributed by atoms with Crippen molar-refractivity contribution in [3.63, 3.8) is 0 Å². The Morgan fingerprint density at radius 2 is 2.22 bits per heavy atom. The molecule has 2 saturated heterocycles. The van der Waals surface area contributed by atoms with E-state index in [-0.39, 0.29) is 24.2 Å². The minimum absolute atomic E-state index is 0.0598. The van der Waals surface area contributed by atoms with Crippen molar-refractivity contribution in [2.24, 2.45) is 0 Å². The molecule has 128 valence electrons. The number of furan rings is 1. The zero-order valence-electron chi connectivity index (χ0n) is 13.8. The van der Waals surface area contributed by atoms with Crippen molar-refractivity contribution in [3.8, 4) is 0 Å². The highest BCUT2D eigenvalue weighted by Crippen LogP contribution is 2.29. The van der Waals surface area contributed by atoms with E-state index in [4.69, 9.17) is 9.15 Å². The minimum Gasteiger partial charge on any atom is -0.467 e. The molecule has 3 heterocycles. The molecule has 0 aliphatic carbocycles. The molecule has 0 unspecified atom stereocenters. The van der Waals surface area contributed by atoms with Crippen molar-refractivity contribution in [2.75, 3.05) is 6.54 Å². The van der Waals surface area contributed by atoms with E-state index in [0.29, 0.717) is 12.2 Å². The van der Waals surface area contributed by atoms with Gasteiger partial charge in [0.2, 0.25) is 0 Å². The lowest BCUT2D eigenvalue weighted by atomic mass is 10.0. The van der Waals surface area contributed by atoms with Crippen molar-refractivity contribution in [2.45, 2.75) is 76.2 Å². The summed E-state index contributed by atoms with van der Waals surface area (Å²) in [6.45, 7) is 2.79. The molecule has 2 fully saturated rings. The molecule has 3 rings (SSSR count). The molecule has 0 radical (unpaired) electrons. The highest BCUT2D eigenvalue weighted by molar-refractivity contribution is 5.81. The summed E-state index contributed by atoms with van der Waals surface area (Å²) in [4.78, 5) is 14.8. The van der Waals surface area contributed by atoms with Gasteiger partial charge < -0.3 is 19.2 Å². The van der Waals surface area contributed by atoms with Gasteiger partial charge in [0.15, 0.2) is 0 Å². The summed E-state index contributed by atoms with van der Waals surface area (Å²) in [5, 5.41) is 10.4. The van der Waals surface area contributed by atoms with Crippen LogP contribution in [-0.4, -0.2) is 40.7 Å². The highest BCUT2D eigenvalue weighted by Gasteiger charge is 2.36. The standard InChI is InChI=1S/C18H27NO4/c1-13-8-9-17(23-13)18(21)19-10-4-2-3-6-14(19)12-15(20)16-7-5-11-22-16/h5,7,11,13-15,17,20H,2-4,6,8-10,12H2,1H3/t13-,14-,15+,17-/m1/s1. The van der Waals surface area contributed by atoms with Gasteiger partial charge >= 0.3 is 0 Å². The van der Waals surface area contributed by atoms with Gasteiger partial charge in [-0.05, 0) is 44.7 Å². The smallest absolute Gasteiger partial charge is 0.251 e. The van der Waals surface area contributed by atoms with E-state index in [1.807, 2.05) is 11.8 Å². The van der Waals surface area contributed by atoms with Gasteiger partial charge in [-0.25, -0.2) is 0 Å². The van der Waals surface area contributed by atoms with Gasteiger partial charge in [-0.15, -0.1) is 0 Å². The van der Waals surface area contributed by atoms with E-state index in [1.54, 1.807) is 18.4 Å². The quantitative estimate of drug-likeness (QED) is 0.926. The number of aliphatic hydroxyl groups excluding tert-OH is 1. The van der Waals surface area contributed by atoms with Gasteiger partial charge in [0.05, 0.1) is 12.4 Å². The predicted octanol–water partition coefficient (Wildman–Crippen LogP) is 3.04. The average Bonchev–Trinajstić information content (AvgIpc) is 3.16. The Kier molecular flexibility index (Phi) is 5.38. The summed E-state index contributed by atoms with van der Waals surface area (Å²) >= 11 is 0. The second-order valence-electron chi connectivity index (χ2n) is 6.81. The van der Waals surface area contributed by atoms with Crippen LogP contribution in [0.25, 0.3) is 0 Å². The zero-order chi connectivity index (χ0) is 16.2. The molecule has 0 aromatic carbocycles. The number of nitrogens with zero attached hydrogens (tertiary/aromatic N) is 1. The molecular weight excluding hydrogens is 294 g/mol. The van der Waals surface area contributed by atoms with E-state index in [2.05, 4.69) is 0 Å². The molecule has 4 atom stereocenters. The van der Waals surface area contributed by atoms with Gasteiger partial charge in [-0.1, -0.05) is 12.8 Å². The van der Waals surface area contributed by atoms with E-state index < -0.39 is 6.10 Å². The lowest BCUT2D eigenvalue weighted by molar-refractivity contribution is -0.145. The van der Waals surface area contributed by atoms with Gasteiger partial charge in [0.1, 0.15) is 18.0 Å². The van der Waals surface area contributed by atoms with Crippen LogP contribution in [0.4, 0.5) is 0 Å². The maximum absolute atomic E-state index is 12.9. The van der Waals surface area contributed by atoms with Crippen LogP contribution in [0, 0.1) is 0 Å². The first kappa shape index (κ1) is 16.5. The number of rotatable bonds is 4. The number of aliphatic hydroxyl groups is 1. The van der Waals surface area contributed by atoms with Gasteiger partial charge in [0, 0.05) is 19.0 Å². The van der Waals surface area contributed by atoms with Crippen LogP contribution in [0.2, 0.25) is 0 Å². The summed E-state index contributed by atoms with van der Waals surface area (Å²) in [5.74, 6) is 0.681. The largest absolute Gasteiger partial charge is 0.467 e. The van der Waals surface area contributed by atoms with Gasteiger partial charge in [-0.2, -0.15) is 0 Å². The minimum atomic E-state index is -0.660. The van der Waals surface area contributed by atoms with E-state index in [1.165, 1.54) is 0 Å². The van der Waals surface area contributed by atoms with Crippen molar-refractivity contribution in [1.29, 1.82) is 0 Å². The number of hydrogen-bond donors (Lipinski definition) is 1. The average molecular weight is 321 g/mol. The maximum Gasteiger partial charge on any atom is 0.251 e. The Bertz CT molecular complexity index is 501. The maximum atomic E-state index is 12.9. The predicted molar refractivity (Wildman–Crippen MR) is 85.8 cm³/mol. The first-order valence-corrected chi connectivity index (χ1v) is 8.82. The topological polar surface area (TPSA) is 62.9 Å². The second-order valence-corrected chi connectivity index (χ2v) is 6.81. The van der Waals surface area contributed by atoms with Crippen LogP contribution < -0.4 is 0 Å². The monoisotopic (exact) mass is 321 g/mol. The Labute approximate surface area is 137 Å². The molecule has 1 aromatic heterocycles. The SMILES string of the molecule is C[C@@H]1CC[C@H](C(=O)N2CCCCC[C@@H]2C[C@H](O)c2ccco2)O1. The van der Waals surface area contributed by atoms with Crippen LogP contribution in [-0.2, 0) is 9.53 Å². The third-order valence-electron chi connectivity index (χ3n) is 5.03. The number of hydrogen-bond acceptors (Lipinski definition) is 4. The Morgan fingerprint density at radius 1 is 1.35 bits per heavy atom. The molecule has 0 bridgehead atoms. The van der Waals surface area contributed by atoms with Crippen molar-refractivity contribution in [1.82, 2.24) is 4.90 Å². The molecule has 0 spiro atoms. The number of amides is 1. The summed E-state index contributed by atoms with van der Waals surface area (Å²) < 4.78 is 11.1. The van der Waals surface area contributed by atoms with E-state index >= 15 is 0 Å². The van der Waals surface area contributed by atoms with Crippen LogP contribution in [0.3, 0.4) is 0 Å². The fourth-order valence-corrected chi connectivity index (χ4v) is 3.74. The van der Waals surface area contributed by atoms with Crippen molar-refractivity contribution in [3.05, 3.63) is 24.2 Å². The van der Waals surface area contributed by atoms with Gasteiger partial charge in [0.25, 0.3) is 5.91 Å². The first-order chi connectivity index (χ1) is 11.1. The first-order valence-electron chi connectivity index (χ1n) is 8.82. The lowest BCUT2D eigenvalue weighted by Gasteiger charge is -2.33. The Hall–Kier alpha value is -1.33. The molecular formula is C18H27NO4. The molecule has 0 saturated carbocycles. The Balaban J connectivity index is 1.68. The molecule has 23 heavy (non-hydrogen) atoms. The van der Waals surface area contributed by atoms with E-state index in [0.717, 1.165) is 45.1 Å². The lowest BCUT2D eigenvalue weighted by Crippen LogP contribution is -2.46. The third kappa shape index (κ3) is 3.96. The summed E-state index contributed by atoms with van der Waals surface area (Å²) in [7, 11) is 0. The van der Waals surface area contributed by atoms with Crippen LogP contribution in [0.5, 0.6) is 0 Å². The summed E-state index contributed by atoms with van der Waals surface area (Å²) in [6.07, 6.45) is 7.27. The fraction of sp³-hybridized carbons (Fsp3) is 0.722. The zero-order valence-corrected chi connectivity index (χ0v) is 13.8. The van der Waals surface area contributed by atoms with Crippen LogP contribution in [0.15, 0.2) is 22.8 Å². The van der Waals surface area contributed by atoms with Crippen LogP contribution in [0.1, 0.15) is 63.7 Å².